The van der Waals surface area contributed by atoms with Crippen molar-refractivity contribution in [3.63, 3.8) is 0 Å². The highest BCUT2D eigenvalue weighted by atomic mass is 16.6. The average Bonchev–Trinajstić information content (AvgIpc) is 3.73. The van der Waals surface area contributed by atoms with Crippen molar-refractivity contribution < 1.29 is 24.2 Å². The van der Waals surface area contributed by atoms with Crippen molar-refractivity contribution >= 4 is 11.9 Å². The minimum absolute atomic E-state index is 0.0154. The van der Waals surface area contributed by atoms with Crippen molar-refractivity contribution in [3.05, 3.63) is 17.2 Å². The predicted octanol–water partition coefficient (Wildman–Crippen LogP) is 6.12. The number of amides is 1. The molecule has 5 atom stereocenters. The van der Waals surface area contributed by atoms with Crippen LogP contribution in [0.2, 0.25) is 0 Å². The molecule has 1 aromatic rings. The molecule has 0 aromatic heterocycles. The molecule has 1 saturated heterocycles. The van der Waals surface area contributed by atoms with Gasteiger partial charge in [-0.25, -0.2) is 0 Å². The molecule has 1 N–H and O–H groups in total. The summed E-state index contributed by atoms with van der Waals surface area (Å²) in [6.45, 7) is 6.35. The number of rotatable bonds is 10. The summed E-state index contributed by atoms with van der Waals surface area (Å²) in [4.78, 5) is 30.7. The lowest BCUT2D eigenvalue weighted by molar-refractivity contribution is -0.142. The zero-order valence-corrected chi connectivity index (χ0v) is 25.7. The van der Waals surface area contributed by atoms with E-state index in [0.29, 0.717) is 36.4 Å². The van der Waals surface area contributed by atoms with Gasteiger partial charge < -0.3 is 19.5 Å². The third kappa shape index (κ3) is 4.82. The van der Waals surface area contributed by atoms with Crippen LogP contribution in [0, 0.1) is 17.8 Å². The van der Waals surface area contributed by atoms with Crippen LogP contribution in [0.1, 0.15) is 115 Å². The van der Waals surface area contributed by atoms with Crippen molar-refractivity contribution in [1.29, 1.82) is 0 Å². The molecule has 4 fully saturated rings. The normalized spacial score (nSPS) is 31.8. The Morgan fingerprint density at radius 1 is 1.10 bits per heavy atom. The van der Waals surface area contributed by atoms with Gasteiger partial charge in [0.25, 0.3) is 0 Å². The third-order valence-corrected chi connectivity index (χ3v) is 12.0. The van der Waals surface area contributed by atoms with Gasteiger partial charge in [-0.3, -0.25) is 14.5 Å². The molecular formula is C35H50N2O5. The molecule has 2 heterocycles. The van der Waals surface area contributed by atoms with Gasteiger partial charge in [0, 0.05) is 55.1 Å². The molecule has 0 unspecified atom stereocenters. The van der Waals surface area contributed by atoms with Crippen molar-refractivity contribution in [2.75, 3.05) is 19.6 Å². The summed E-state index contributed by atoms with van der Waals surface area (Å²) in [6, 6.07) is 1.95. The van der Waals surface area contributed by atoms with Gasteiger partial charge in [0.2, 0.25) is 5.91 Å². The van der Waals surface area contributed by atoms with Crippen LogP contribution >= 0.6 is 0 Å². The number of hydrogen-bond acceptors (Lipinski definition) is 6. The summed E-state index contributed by atoms with van der Waals surface area (Å²) >= 11 is 0. The van der Waals surface area contributed by atoms with Crippen LogP contribution in [-0.4, -0.2) is 64.6 Å². The maximum atomic E-state index is 13.8. The minimum Gasteiger partial charge on any atom is -0.508 e. The number of unbranched alkanes of at least 4 members (excludes halogenated alkanes) is 1. The molecule has 7 rings (SSSR count). The Bertz CT molecular complexity index is 1210. The van der Waals surface area contributed by atoms with Gasteiger partial charge in [0.05, 0.1) is 6.04 Å². The second-order valence-electron chi connectivity index (χ2n) is 14.4. The number of benzene rings is 1. The maximum absolute atomic E-state index is 13.8. The van der Waals surface area contributed by atoms with Crippen molar-refractivity contribution in [3.8, 4) is 17.2 Å². The summed E-state index contributed by atoms with van der Waals surface area (Å²) in [7, 11) is 0. The Labute approximate surface area is 251 Å². The van der Waals surface area contributed by atoms with E-state index in [-0.39, 0.29) is 29.2 Å². The molecule has 3 saturated carbocycles. The highest BCUT2D eigenvalue weighted by molar-refractivity contribution is 5.77. The van der Waals surface area contributed by atoms with Gasteiger partial charge in [0.1, 0.15) is 11.9 Å². The Kier molecular flexibility index (Phi) is 7.69. The number of carbonyl (C=O) groups excluding carboxylic acids is 2. The quantitative estimate of drug-likeness (QED) is 0.205. The standard InChI is InChI=1S/C35H50N2O5/c1-3-37(31(40)12-8-7-11-23-9-5-4-6-10-23)27-16-15-26-28-19-25-29(39)20-30(41-22(2)38)33-32(25)35(26,34(27)42-33)17-18-36(28)21-24-13-14-24/h20,23-24,26-28,34,39H,3-19,21H2,1-2H3/t26-,27+,28+,34-,35-/m0/s1. The average molecular weight is 579 g/mol. The van der Waals surface area contributed by atoms with E-state index in [0.717, 1.165) is 74.6 Å². The van der Waals surface area contributed by atoms with E-state index < -0.39 is 5.97 Å². The van der Waals surface area contributed by atoms with E-state index in [9.17, 15) is 14.7 Å². The zero-order chi connectivity index (χ0) is 29.0. The molecule has 1 aromatic carbocycles. The number of likely N-dealkylation sites (N-methyl/N-ethyl adjacent to an activating group) is 1. The van der Waals surface area contributed by atoms with Crippen LogP contribution in [0.15, 0.2) is 6.07 Å². The van der Waals surface area contributed by atoms with Gasteiger partial charge in [-0.15, -0.1) is 0 Å². The highest BCUT2D eigenvalue weighted by Crippen LogP contribution is 2.66. The Hall–Kier alpha value is -2.28. The SMILES string of the molecule is CCN(C(=O)CCCCC1CCCCC1)[C@@H]1CC[C@H]2[C@H]3Cc4c(O)cc(OC(C)=O)c5c4[C@@]2(CCN3CC2CC2)[C@H]1O5. The lowest BCUT2D eigenvalue weighted by atomic mass is 9.50. The molecular weight excluding hydrogens is 528 g/mol. The number of ether oxygens (including phenoxy) is 2. The maximum Gasteiger partial charge on any atom is 0.308 e. The van der Waals surface area contributed by atoms with Crippen molar-refractivity contribution in [2.45, 2.75) is 134 Å². The molecule has 0 radical (unpaired) electrons. The van der Waals surface area contributed by atoms with Crippen LogP contribution in [-0.2, 0) is 21.4 Å². The number of carbonyl (C=O) groups is 2. The number of piperidine rings is 1. The first-order valence-corrected chi connectivity index (χ1v) is 17.2. The Morgan fingerprint density at radius 2 is 1.90 bits per heavy atom. The molecule has 7 nitrogen and oxygen atoms in total. The van der Waals surface area contributed by atoms with Gasteiger partial charge in [-0.2, -0.15) is 0 Å². The van der Waals surface area contributed by atoms with Gasteiger partial charge in [0.15, 0.2) is 11.5 Å². The van der Waals surface area contributed by atoms with Crippen LogP contribution in [0.25, 0.3) is 0 Å². The van der Waals surface area contributed by atoms with Crippen molar-refractivity contribution in [2.24, 2.45) is 17.8 Å². The molecule has 1 spiro atoms. The lowest BCUT2D eigenvalue weighted by Crippen LogP contribution is -2.69. The number of esters is 1. The van der Waals surface area contributed by atoms with Crippen LogP contribution in [0.4, 0.5) is 0 Å². The fraction of sp³-hybridized carbons (Fsp3) is 0.771. The number of aromatic hydroxyl groups is 1. The monoisotopic (exact) mass is 578 g/mol. The summed E-state index contributed by atoms with van der Waals surface area (Å²) in [5, 5.41) is 11.3. The number of phenols is 1. The first-order chi connectivity index (χ1) is 20.4. The van der Waals surface area contributed by atoms with E-state index in [4.69, 9.17) is 9.47 Å². The lowest BCUT2D eigenvalue weighted by Gasteiger charge is -2.60. The number of nitrogens with zero attached hydrogens (tertiary/aromatic N) is 2. The summed E-state index contributed by atoms with van der Waals surface area (Å²) in [6.07, 6.45) is 17.1. The summed E-state index contributed by atoms with van der Waals surface area (Å²) in [5.74, 6) is 3.11. The van der Waals surface area contributed by atoms with Crippen molar-refractivity contribution in [1.82, 2.24) is 9.80 Å². The predicted molar refractivity (Wildman–Crippen MR) is 161 cm³/mol. The molecule has 1 amide bonds. The first-order valence-electron chi connectivity index (χ1n) is 17.2. The highest BCUT2D eigenvalue weighted by Gasteiger charge is 2.67. The van der Waals surface area contributed by atoms with Gasteiger partial charge in [-0.05, 0) is 76.2 Å². The van der Waals surface area contributed by atoms with Gasteiger partial charge in [-0.1, -0.05) is 44.9 Å². The second kappa shape index (κ2) is 11.3. The summed E-state index contributed by atoms with van der Waals surface area (Å²) < 4.78 is 12.6. The molecule has 7 heteroatoms. The van der Waals surface area contributed by atoms with Crippen LogP contribution < -0.4 is 9.47 Å². The summed E-state index contributed by atoms with van der Waals surface area (Å²) in [5.41, 5.74) is 1.79. The third-order valence-electron chi connectivity index (χ3n) is 12.0. The Balaban J connectivity index is 1.16. The first kappa shape index (κ1) is 28.5. The molecule has 6 aliphatic rings. The van der Waals surface area contributed by atoms with Crippen LogP contribution in [0.3, 0.4) is 0 Å². The Morgan fingerprint density at radius 3 is 2.64 bits per heavy atom. The molecule has 230 valence electrons. The van der Waals surface area contributed by atoms with E-state index in [1.807, 2.05) is 0 Å². The second-order valence-corrected chi connectivity index (χ2v) is 14.4. The van der Waals surface area contributed by atoms with E-state index in [2.05, 4.69) is 16.7 Å². The van der Waals surface area contributed by atoms with E-state index in [1.54, 1.807) is 6.07 Å². The minimum atomic E-state index is -0.416. The fourth-order valence-corrected chi connectivity index (χ4v) is 9.98. The molecule has 2 aliphatic heterocycles. The van der Waals surface area contributed by atoms with Gasteiger partial charge >= 0.3 is 5.97 Å². The van der Waals surface area contributed by atoms with E-state index >= 15 is 0 Å². The molecule has 42 heavy (non-hydrogen) atoms. The number of likely N-dealkylation sites (tertiary alicyclic amines) is 1. The fourth-order valence-electron chi connectivity index (χ4n) is 9.98. The largest absolute Gasteiger partial charge is 0.508 e. The smallest absolute Gasteiger partial charge is 0.308 e. The van der Waals surface area contributed by atoms with E-state index in [1.165, 1.54) is 58.3 Å². The molecule has 4 aliphatic carbocycles. The number of phenolic OH excluding ortho intramolecular Hbond substituents is 1. The number of hydrogen-bond donors (Lipinski definition) is 1. The molecule has 2 bridgehead atoms. The zero-order valence-electron chi connectivity index (χ0n) is 25.7. The van der Waals surface area contributed by atoms with Crippen LogP contribution in [0.5, 0.6) is 17.2 Å². The topological polar surface area (TPSA) is 79.3 Å².